The molecule has 1 aliphatic rings. The van der Waals surface area contributed by atoms with E-state index in [-0.39, 0.29) is 0 Å². The Morgan fingerprint density at radius 1 is 1.08 bits per heavy atom. The molecule has 0 unspecified atom stereocenters. The molecule has 1 saturated heterocycles. The first-order chi connectivity index (χ1) is 11.4. The number of nitrogens with two attached hydrogens (primary N) is 2. The third-order valence-corrected chi connectivity index (χ3v) is 3.96. The molecule has 1 fully saturated rings. The van der Waals surface area contributed by atoms with Gasteiger partial charge in [0, 0.05) is 51.9 Å². The third-order valence-electron chi connectivity index (χ3n) is 3.96. The molecule has 1 heterocycles. The molecule has 8 nitrogen and oxygen atoms in total. The second kappa shape index (κ2) is 7.89. The second-order valence-corrected chi connectivity index (χ2v) is 5.67. The van der Waals surface area contributed by atoms with E-state index >= 15 is 0 Å². The molecule has 24 heavy (non-hydrogen) atoms. The van der Waals surface area contributed by atoms with E-state index in [0.29, 0.717) is 44.1 Å². The van der Waals surface area contributed by atoms with Crippen LogP contribution in [0.2, 0.25) is 0 Å². The number of hydrogen-bond acceptors (Lipinski definition) is 6. The molecule has 130 valence electrons. The van der Waals surface area contributed by atoms with Gasteiger partial charge in [0.2, 0.25) is 5.91 Å². The zero-order valence-electron chi connectivity index (χ0n) is 13.8. The van der Waals surface area contributed by atoms with Crippen molar-refractivity contribution in [3.8, 4) is 0 Å². The summed E-state index contributed by atoms with van der Waals surface area (Å²) in [6.45, 7) is 4.79. The lowest BCUT2D eigenvalue weighted by molar-refractivity contribution is -0.146. The Bertz CT molecular complexity index is 609. The molecule has 1 aromatic carbocycles. The van der Waals surface area contributed by atoms with Gasteiger partial charge in [-0.05, 0) is 24.3 Å². The lowest BCUT2D eigenvalue weighted by atomic mass is 10.2. The van der Waals surface area contributed by atoms with E-state index in [1.54, 1.807) is 24.3 Å². The van der Waals surface area contributed by atoms with Crippen molar-refractivity contribution in [2.75, 3.05) is 49.9 Å². The summed E-state index contributed by atoms with van der Waals surface area (Å²) >= 11 is 0. The minimum absolute atomic E-state index is 0.330. The molecule has 0 aromatic heterocycles. The lowest BCUT2D eigenvalue weighted by Gasteiger charge is -2.34. The molecule has 0 bridgehead atoms. The Labute approximate surface area is 141 Å². The molecule has 8 heteroatoms. The number of anilines is 2. The lowest BCUT2D eigenvalue weighted by Crippen LogP contribution is -2.54. The van der Waals surface area contributed by atoms with Crippen LogP contribution in [0.3, 0.4) is 0 Å². The summed E-state index contributed by atoms with van der Waals surface area (Å²) in [6, 6.07) is 6.24. The van der Waals surface area contributed by atoms with E-state index in [9.17, 15) is 14.4 Å². The van der Waals surface area contributed by atoms with Crippen LogP contribution < -0.4 is 16.4 Å². The van der Waals surface area contributed by atoms with E-state index in [4.69, 9.17) is 11.5 Å². The van der Waals surface area contributed by atoms with E-state index in [0.717, 1.165) is 11.4 Å². The SMILES string of the molecule is CC(=O)N(C(=O)C(=O)N1CCN(CCN)CC1)c1ccc(N)cc1. The maximum absolute atomic E-state index is 12.5. The van der Waals surface area contributed by atoms with Crippen LogP contribution in [-0.4, -0.2) is 66.8 Å². The van der Waals surface area contributed by atoms with Gasteiger partial charge in [0.1, 0.15) is 0 Å². The fourth-order valence-electron chi connectivity index (χ4n) is 2.65. The number of nitrogen functional groups attached to an aromatic ring is 1. The fraction of sp³-hybridized carbons (Fsp3) is 0.438. The van der Waals surface area contributed by atoms with E-state index in [1.807, 2.05) is 0 Å². The normalized spacial score (nSPS) is 15.2. The van der Waals surface area contributed by atoms with Gasteiger partial charge in [-0.2, -0.15) is 0 Å². The molecule has 1 aliphatic heterocycles. The minimum atomic E-state index is -0.848. The number of rotatable bonds is 3. The van der Waals surface area contributed by atoms with E-state index in [1.165, 1.54) is 11.8 Å². The van der Waals surface area contributed by atoms with Crippen molar-refractivity contribution in [2.24, 2.45) is 5.73 Å². The molecule has 1 aromatic rings. The first kappa shape index (κ1) is 17.9. The number of amides is 3. The summed E-state index contributed by atoms with van der Waals surface area (Å²) in [5.41, 5.74) is 12.0. The predicted molar refractivity (Wildman–Crippen MR) is 91.1 cm³/mol. The summed E-state index contributed by atoms with van der Waals surface area (Å²) in [4.78, 5) is 41.4. The van der Waals surface area contributed by atoms with Gasteiger partial charge < -0.3 is 16.4 Å². The first-order valence-electron chi connectivity index (χ1n) is 7.86. The van der Waals surface area contributed by atoms with Gasteiger partial charge in [0.15, 0.2) is 0 Å². The largest absolute Gasteiger partial charge is 0.399 e. The molecule has 0 aliphatic carbocycles. The summed E-state index contributed by atoms with van der Waals surface area (Å²) in [5.74, 6) is -2.03. The van der Waals surface area contributed by atoms with Crippen LogP contribution in [0, 0.1) is 0 Å². The van der Waals surface area contributed by atoms with Gasteiger partial charge in [-0.15, -0.1) is 0 Å². The standard InChI is InChI=1S/C16H23N5O3/c1-12(22)21(14-4-2-13(18)3-5-14)16(24)15(23)20-10-8-19(7-6-17)9-11-20/h2-5H,6-11,17-18H2,1H3. The molecular formula is C16H23N5O3. The number of imide groups is 1. The highest BCUT2D eigenvalue weighted by atomic mass is 16.2. The number of carbonyl (C=O) groups excluding carboxylic acids is 3. The Hall–Kier alpha value is -2.45. The first-order valence-corrected chi connectivity index (χ1v) is 7.86. The molecule has 4 N–H and O–H groups in total. The van der Waals surface area contributed by atoms with Crippen molar-refractivity contribution < 1.29 is 14.4 Å². The van der Waals surface area contributed by atoms with Crippen molar-refractivity contribution in [3.05, 3.63) is 24.3 Å². The van der Waals surface area contributed by atoms with Crippen LogP contribution in [-0.2, 0) is 14.4 Å². The molecule has 2 rings (SSSR count). The van der Waals surface area contributed by atoms with Gasteiger partial charge in [-0.1, -0.05) is 0 Å². The zero-order chi connectivity index (χ0) is 17.7. The van der Waals surface area contributed by atoms with Crippen molar-refractivity contribution >= 4 is 29.1 Å². The molecule has 0 atom stereocenters. The van der Waals surface area contributed by atoms with Crippen LogP contribution in [0.4, 0.5) is 11.4 Å². The Balaban J connectivity index is 2.08. The summed E-state index contributed by atoms with van der Waals surface area (Å²) in [7, 11) is 0. The average Bonchev–Trinajstić information content (AvgIpc) is 2.57. The third kappa shape index (κ3) is 4.09. The van der Waals surface area contributed by atoms with Crippen molar-refractivity contribution in [2.45, 2.75) is 6.92 Å². The quantitative estimate of drug-likeness (QED) is 0.556. The van der Waals surface area contributed by atoms with Crippen molar-refractivity contribution in [3.63, 3.8) is 0 Å². The molecule has 0 radical (unpaired) electrons. The summed E-state index contributed by atoms with van der Waals surface area (Å²) < 4.78 is 0. The van der Waals surface area contributed by atoms with Crippen molar-refractivity contribution in [1.29, 1.82) is 0 Å². The molecule has 0 spiro atoms. The van der Waals surface area contributed by atoms with Gasteiger partial charge in [0.05, 0.1) is 5.69 Å². The molecular weight excluding hydrogens is 310 g/mol. The highest BCUT2D eigenvalue weighted by Gasteiger charge is 2.32. The van der Waals surface area contributed by atoms with Crippen molar-refractivity contribution in [1.82, 2.24) is 9.80 Å². The minimum Gasteiger partial charge on any atom is -0.399 e. The Morgan fingerprint density at radius 2 is 1.67 bits per heavy atom. The van der Waals surface area contributed by atoms with Gasteiger partial charge in [0.25, 0.3) is 0 Å². The van der Waals surface area contributed by atoms with Gasteiger partial charge in [-0.3, -0.25) is 19.3 Å². The smallest absolute Gasteiger partial charge is 0.323 e. The van der Waals surface area contributed by atoms with E-state index in [2.05, 4.69) is 4.90 Å². The summed E-state index contributed by atoms with van der Waals surface area (Å²) in [5, 5.41) is 0. The molecule has 3 amide bonds. The number of piperazine rings is 1. The second-order valence-electron chi connectivity index (χ2n) is 5.67. The topological polar surface area (TPSA) is 113 Å². The maximum Gasteiger partial charge on any atom is 0.323 e. The van der Waals surface area contributed by atoms with Crippen LogP contribution in [0.25, 0.3) is 0 Å². The Morgan fingerprint density at radius 3 is 2.17 bits per heavy atom. The van der Waals surface area contributed by atoms with Crippen LogP contribution in [0.5, 0.6) is 0 Å². The van der Waals surface area contributed by atoms with Gasteiger partial charge >= 0.3 is 11.8 Å². The van der Waals surface area contributed by atoms with Crippen LogP contribution >= 0.6 is 0 Å². The number of carbonyl (C=O) groups is 3. The monoisotopic (exact) mass is 333 g/mol. The predicted octanol–water partition coefficient (Wildman–Crippen LogP) is -0.749. The number of hydrogen-bond donors (Lipinski definition) is 2. The van der Waals surface area contributed by atoms with E-state index < -0.39 is 17.7 Å². The number of nitrogens with zero attached hydrogens (tertiary/aromatic N) is 3. The highest BCUT2D eigenvalue weighted by molar-refractivity contribution is 6.45. The van der Waals surface area contributed by atoms with Crippen LogP contribution in [0.15, 0.2) is 24.3 Å². The van der Waals surface area contributed by atoms with Crippen LogP contribution in [0.1, 0.15) is 6.92 Å². The number of benzene rings is 1. The Kier molecular flexibility index (Phi) is 5.88. The zero-order valence-corrected chi connectivity index (χ0v) is 13.8. The fourth-order valence-corrected chi connectivity index (χ4v) is 2.65. The highest BCUT2D eigenvalue weighted by Crippen LogP contribution is 2.18. The molecule has 0 saturated carbocycles. The van der Waals surface area contributed by atoms with Gasteiger partial charge in [-0.25, -0.2) is 4.90 Å². The maximum atomic E-state index is 12.5. The summed E-state index contributed by atoms with van der Waals surface area (Å²) in [6.07, 6.45) is 0. The average molecular weight is 333 g/mol.